The van der Waals surface area contributed by atoms with E-state index in [0.717, 1.165) is 40.8 Å². The second kappa shape index (κ2) is 11.2. The van der Waals surface area contributed by atoms with Gasteiger partial charge in [-0.2, -0.15) is 0 Å². The third-order valence-electron chi connectivity index (χ3n) is 5.99. The van der Waals surface area contributed by atoms with Gasteiger partial charge < -0.3 is 19.5 Å². The molecule has 1 heterocycles. The van der Waals surface area contributed by atoms with Gasteiger partial charge in [0.15, 0.2) is 11.5 Å². The molecule has 1 atom stereocenters. The molecule has 0 radical (unpaired) electrons. The lowest BCUT2D eigenvalue weighted by Crippen LogP contribution is -2.14. The first kappa shape index (κ1) is 24.5. The molecule has 0 aliphatic heterocycles. The maximum atomic E-state index is 12.7. The van der Waals surface area contributed by atoms with Crippen LogP contribution in [0.4, 0.5) is 5.00 Å². The summed E-state index contributed by atoms with van der Waals surface area (Å²) in [5.74, 6) is 1.04. The smallest absolute Gasteiger partial charge is 0.341 e. The van der Waals surface area contributed by atoms with E-state index < -0.39 is 5.97 Å². The van der Waals surface area contributed by atoms with Crippen LogP contribution in [0.2, 0.25) is 0 Å². The van der Waals surface area contributed by atoms with Crippen molar-refractivity contribution in [3.8, 4) is 11.5 Å². The van der Waals surface area contributed by atoms with Crippen molar-refractivity contribution in [2.45, 2.75) is 32.8 Å². The van der Waals surface area contributed by atoms with Crippen LogP contribution in [0, 0.1) is 5.92 Å². The van der Waals surface area contributed by atoms with E-state index in [1.807, 2.05) is 48.5 Å². The summed E-state index contributed by atoms with van der Waals surface area (Å²) in [5.41, 5.74) is 3.35. The summed E-state index contributed by atoms with van der Waals surface area (Å²) in [6.45, 7) is 2.63. The Morgan fingerprint density at radius 1 is 1.11 bits per heavy atom. The molecule has 4 rings (SSSR count). The molecule has 1 N–H and O–H groups in total. The Bertz CT molecular complexity index is 1230. The summed E-state index contributed by atoms with van der Waals surface area (Å²) in [5, 5.41) is 3.43. The molecule has 1 amide bonds. The van der Waals surface area contributed by atoms with Crippen molar-refractivity contribution in [3.05, 3.63) is 81.7 Å². The van der Waals surface area contributed by atoms with Crippen molar-refractivity contribution in [3.63, 3.8) is 0 Å². The molecule has 1 aliphatic rings. The Morgan fingerprint density at radius 2 is 1.91 bits per heavy atom. The third-order valence-corrected chi connectivity index (χ3v) is 7.16. The fraction of sp³-hybridized carbons (Fsp3) is 0.286. The zero-order valence-corrected chi connectivity index (χ0v) is 20.9. The predicted octanol–water partition coefficient (Wildman–Crippen LogP) is 5.90. The molecule has 3 aromatic rings. The normalized spacial score (nSPS) is 14.9. The molecule has 0 fully saturated rings. The minimum absolute atomic E-state index is 0.315. The van der Waals surface area contributed by atoms with Crippen LogP contribution in [0.3, 0.4) is 0 Å². The summed E-state index contributed by atoms with van der Waals surface area (Å²) in [6.07, 6.45) is 5.90. The number of carbonyl (C=O) groups excluding carboxylic acids is 2. The lowest BCUT2D eigenvalue weighted by Gasteiger charge is -2.18. The van der Waals surface area contributed by atoms with Crippen LogP contribution < -0.4 is 14.8 Å². The van der Waals surface area contributed by atoms with E-state index in [1.165, 1.54) is 24.5 Å². The summed E-state index contributed by atoms with van der Waals surface area (Å²) in [7, 11) is 2.95. The number of fused-ring (bicyclic) bond motifs is 1. The van der Waals surface area contributed by atoms with Crippen molar-refractivity contribution >= 4 is 34.3 Å². The number of benzene rings is 2. The average molecular weight is 492 g/mol. The quantitative estimate of drug-likeness (QED) is 0.314. The number of rotatable bonds is 8. The first-order chi connectivity index (χ1) is 17.0. The molecule has 0 spiro atoms. The lowest BCUT2D eigenvalue weighted by atomic mass is 9.88. The zero-order valence-electron chi connectivity index (χ0n) is 20.1. The molecular weight excluding hydrogens is 462 g/mol. The van der Waals surface area contributed by atoms with E-state index in [-0.39, 0.29) is 5.91 Å². The Labute approximate surface area is 209 Å². The molecule has 1 aliphatic carbocycles. The Balaban J connectivity index is 1.46. The molecule has 6 nitrogen and oxygen atoms in total. The van der Waals surface area contributed by atoms with Gasteiger partial charge in [0.1, 0.15) is 11.6 Å². The van der Waals surface area contributed by atoms with Gasteiger partial charge in [-0.05, 0) is 60.1 Å². The highest BCUT2D eigenvalue weighted by Gasteiger charge is 2.28. The van der Waals surface area contributed by atoms with Crippen LogP contribution in [0.5, 0.6) is 11.5 Å². The van der Waals surface area contributed by atoms with Crippen LogP contribution in [0.15, 0.2) is 54.6 Å². The fourth-order valence-corrected chi connectivity index (χ4v) is 5.53. The van der Waals surface area contributed by atoms with Crippen LogP contribution in [-0.2, 0) is 29.0 Å². The third kappa shape index (κ3) is 5.92. The average Bonchev–Trinajstić information content (AvgIpc) is 3.23. The molecule has 0 saturated carbocycles. The summed E-state index contributed by atoms with van der Waals surface area (Å²) < 4.78 is 16.4. The van der Waals surface area contributed by atoms with Crippen LogP contribution >= 0.6 is 11.3 Å². The van der Waals surface area contributed by atoms with Gasteiger partial charge in [-0.25, -0.2) is 4.79 Å². The van der Waals surface area contributed by atoms with E-state index in [9.17, 15) is 9.59 Å². The first-order valence-corrected chi connectivity index (χ1v) is 12.4. The molecule has 182 valence electrons. The zero-order chi connectivity index (χ0) is 24.8. The van der Waals surface area contributed by atoms with Crippen LogP contribution in [0.1, 0.15) is 45.3 Å². The van der Waals surface area contributed by atoms with Gasteiger partial charge in [0.2, 0.25) is 5.91 Å². The van der Waals surface area contributed by atoms with Gasteiger partial charge in [0.05, 0.1) is 19.8 Å². The summed E-state index contributed by atoms with van der Waals surface area (Å²) in [4.78, 5) is 26.3. The highest BCUT2D eigenvalue weighted by atomic mass is 32.1. The van der Waals surface area contributed by atoms with Crippen molar-refractivity contribution in [2.24, 2.45) is 5.92 Å². The van der Waals surface area contributed by atoms with Crippen molar-refractivity contribution in [1.82, 2.24) is 0 Å². The first-order valence-electron chi connectivity index (χ1n) is 11.5. The molecular formula is C28H29NO5S. The fourth-order valence-electron chi connectivity index (χ4n) is 4.12. The van der Waals surface area contributed by atoms with Gasteiger partial charge in [0, 0.05) is 11.0 Å². The van der Waals surface area contributed by atoms with E-state index in [4.69, 9.17) is 14.2 Å². The number of ether oxygens (including phenoxy) is 3. The SMILES string of the molecule is COC(=O)c1c(NC(=O)/C=C/c2ccc(OCc3ccccc3)c(OC)c2)sc2c1CCC(C)C2. The minimum Gasteiger partial charge on any atom is -0.493 e. The van der Waals surface area contributed by atoms with E-state index in [2.05, 4.69) is 12.2 Å². The van der Waals surface area contributed by atoms with Crippen LogP contribution in [0.25, 0.3) is 6.08 Å². The second-order valence-electron chi connectivity index (χ2n) is 8.55. The van der Waals surface area contributed by atoms with E-state index in [0.29, 0.717) is 34.6 Å². The van der Waals surface area contributed by atoms with Crippen LogP contribution in [-0.4, -0.2) is 26.1 Å². The number of amides is 1. The van der Waals surface area contributed by atoms with Crippen molar-refractivity contribution in [2.75, 3.05) is 19.5 Å². The van der Waals surface area contributed by atoms with Gasteiger partial charge >= 0.3 is 5.97 Å². The number of anilines is 1. The number of esters is 1. The second-order valence-corrected chi connectivity index (χ2v) is 9.66. The van der Waals surface area contributed by atoms with Crippen molar-refractivity contribution in [1.29, 1.82) is 0 Å². The molecule has 0 saturated heterocycles. The minimum atomic E-state index is -0.410. The maximum Gasteiger partial charge on any atom is 0.341 e. The molecule has 1 aromatic heterocycles. The van der Waals surface area contributed by atoms with Gasteiger partial charge in [-0.1, -0.05) is 43.3 Å². The number of methoxy groups -OCH3 is 2. The highest BCUT2D eigenvalue weighted by molar-refractivity contribution is 7.17. The Morgan fingerprint density at radius 3 is 2.66 bits per heavy atom. The molecule has 1 unspecified atom stereocenters. The van der Waals surface area contributed by atoms with Gasteiger partial charge in [-0.3, -0.25) is 4.79 Å². The Hall–Kier alpha value is -3.58. The summed E-state index contributed by atoms with van der Waals surface area (Å²) in [6, 6.07) is 15.4. The molecule has 35 heavy (non-hydrogen) atoms. The van der Waals surface area contributed by atoms with E-state index in [1.54, 1.807) is 13.2 Å². The Kier molecular flexibility index (Phi) is 7.87. The molecule has 2 aromatic carbocycles. The standard InChI is InChI=1S/C28H29NO5S/c1-18-9-12-21-24(15-18)35-27(26(21)28(31)33-3)29-25(30)14-11-19-10-13-22(23(16-19)32-2)34-17-20-7-5-4-6-8-20/h4-8,10-11,13-14,16,18H,9,12,15,17H2,1-3H3,(H,29,30)/b14-11+. The monoisotopic (exact) mass is 491 g/mol. The maximum absolute atomic E-state index is 12.7. The largest absolute Gasteiger partial charge is 0.493 e. The van der Waals surface area contributed by atoms with Crippen molar-refractivity contribution < 1.29 is 23.8 Å². The predicted molar refractivity (Wildman–Crippen MR) is 138 cm³/mol. The highest BCUT2D eigenvalue weighted by Crippen LogP contribution is 2.40. The number of hydrogen-bond acceptors (Lipinski definition) is 6. The number of thiophene rings is 1. The molecule has 7 heteroatoms. The molecule has 0 bridgehead atoms. The number of nitrogens with one attached hydrogen (secondary N) is 1. The van der Waals surface area contributed by atoms with Gasteiger partial charge in [0.25, 0.3) is 0 Å². The number of hydrogen-bond donors (Lipinski definition) is 1. The number of carbonyl (C=O) groups is 2. The summed E-state index contributed by atoms with van der Waals surface area (Å²) >= 11 is 1.47. The van der Waals surface area contributed by atoms with E-state index >= 15 is 0 Å². The van der Waals surface area contributed by atoms with Gasteiger partial charge in [-0.15, -0.1) is 11.3 Å². The lowest BCUT2D eigenvalue weighted by molar-refractivity contribution is -0.111. The topological polar surface area (TPSA) is 73.9 Å².